The van der Waals surface area contributed by atoms with E-state index in [0.717, 1.165) is 39.3 Å². The van der Waals surface area contributed by atoms with Gasteiger partial charge in [-0.15, -0.1) is 0 Å². The van der Waals surface area contributed by atoms with Crippen LogP contribution in [0.3, 0.4) is 0 Å². The lowest BCUT2D eigenvalue weighted by Crippen LogP contribution is -2.21. The minimum Gasteiger partial charge on any atom is -0.278 e. The fourth-order valence-electron chi connectivity index (χ4n) is 2.93. The highest BCUT2D eigenvalue weighted by molar-refractivity contribution is 6.30. The minimum absolute atomic E-state index is 0.195. The second kappa shape index (κ2) is 5.63. The molecule has 3 aromatic rings. The number of aromatic nitrogens is 2. The van der Waals surface area contributed by atoms with E-state index in [1.165, 1.54) is 5.56 Å². The zero-order chi connectivity index (χ0) is 15.8. The van der Waals surface area contributed by atoms with Gasteiger partial charge in [-0.25, -0.2) is 0 Å². The first-order valence-corrected chi connectivity index (χ1v) is 7.88. The third-order valence-electron chi connectivity index (χ3n) is 4.24. The van der Waals surface area contributed by atoms with Gasteiger partial charge in [0.05, 0.1) is 17.4 Å². The number of hydrogen-bond acceptors (Lipinski definition) is 3. The van der Waals surface area contributed by atoms with Crippen LogP contribution in [0, 0.1) is 5.92 Å². The van der Waals surface area contributed by atoms with E-state index in [1.807, 2.05) is 31.3 Å². The molecule has 0 saturated carbocycles. The van der Waals surface area contributed by atoms with Crippen molar-refractivity contribution in [2.75, 3.05) is 0 Å². The number of H-pyrrole nitrogens is 1. The van der Waals surface area contributed by atoms with Crippen LogP contribution in [-0.4, -0.2) is 21.6 Å². The molecule has 1 N–H and O–H groups in total. The quantitative estimate of drug-likeness (QED) is 0.770. The van der Waals surface area contributed by atoms with Gasteiger partial charge in [0.25, 0.3) is 0 Å². The second-order valence-corrected chi connectivity index (χ2v) is 6.22. The van der Waals surface area contributed by atoms with E-state index in [2.05, 4.69) is 44.7 Å². The Labute approximate surface area is 138 Å². The maximum absolute atomic E-state index is 5.97. The molecule has 0 radical (unpaired) electrons. The summed E-state index contributed by atoms with van der Waals surface area (Å²) in [6.07, 6.45) is 2.70. The van der Waals surface area contributed by atoms with Crippen LogP contribution in [0.4, 0.5) is 0 Å². The summed E-state index contributed by atoms with van der Waals surface area (Å²) in [4.78, 5) is 0. The van der Waals surface area contributed by atoms with Crippen LogP contribution < -0.4 is 0 Å². The van der Waals surface area contributed by atoms with E-state index in [1.54, 1.807) is 0 Å². The lowest BCUT2D eigenvalue weighted by Gasteiger charge is -2.14. The summed E-state index contributed by atoms with van der Waals surface area (Å²) in [5.74, 6) is 0.195. The van der Waals surface area contributed by atoms with Crippen molar-refractivity contribution < 1.29 is 0 Å². The molecule has 0 spiro atoms. The molecule has 0 aliphatic carbocycles. The van der Waals surface area contributed by atoms with Gasteiger partial charge in [0, 0.05) is 22.0 Å². The number of rotatable bonds is 3. The molecule has 0 bridgehead atoms. The SMILES string of the molecule is CC1=NN=C(c2ccc3[nH]ncc3c2)C1Cc1ccc(Cl)cc1. The molecule has 1 aliphatic heterocycles. The van der Waals surface area contributed by atoms with Gasteiger partial charge in [-0.3, -0.25) is 5.10 Å². The Morgan fingerprint density at radius 1 is 1.09 bits per heavy atom. The van der Waals surface area contributed by atoms with Crippen molar-refractivity contribution in [2.45, 2.75) is 13.3 Å². The second-order valence-electron chi connectivity index (χ2n) is 5.78. The molecule has 23 heavy (non-hydrogen) atoms. The first kappa shape index (κ1) is 14.2. The summed E-state index contributed by atoms with van der Waals surface area (Å²) < 4.78 is 0. The van der Waals surface area contributed by atoms with Crippen molar-refractivity contribution in [1.29, 1.82) is 0 Å². The summed E-state index contributed by atoms with van der Waals surface area (Å²) in [6.45, 7) is 2.04. The average molecular weight is 323 g/mol. The van der Waals surface area contributed by atoms with E-state index < -0.39 is 0 Å². The maximum atomic E-state index is 5.97. The Balaban J connectivity index is 1.66. The predicted octanol–water partition coefficient (Wildman–Crippen LogP) is 4.25. The lowest BCUT2D eigenvalue weighted by atomic mass is 9.88. The average Bonchev–Trinajstić information content (AvgIpc) is 3.16. The molecular formula is C18H15ClN4. The Morgan fingerprint density at radius 3 is 2.74 bits per heavy atom. The first-order chi connectivity index (χ1) is 11.2. The van der Waals surface area contributed by atoms with Gasteiger partial charge in [0.1, 0.15) is 0 Å². The van der Waals surface area contributed by atoms with Crippen LogP contribution in [0.2, 0.25) is 5.02 Å². The zero-order valence-electron chi connectivity index (χ0n) is 12.6. The molecule has 0 fully saturated rings. The third-order valence-corrected chi connectivity index (χ3v) is 4.49. The highest BCUT2D eigenvalue weighted by Gasteiger charge is 2.26. The normalized spacial score (nSPS) is 17.4. The van der Waals surface area contributed by atoms with Crippen LogP contribution in [0.25, 0.3) is 10.9 Å². The molecule has 2 heterocycles. The monoisotopic (exact) mass is 322 g/mol. The number of halogens is 1. The Morgan fingerprint density at radius 2 is 1.91 bits per heavy atom. The van der Waals surface area contributed by atoms with Gasteiger partial charge in [-0.2, -0.15) is 15.3 Å². The lowest BCUT2D eigenvalue weighted by molar-refractivity contribution is 0.905. The topological polar surface area (TPSA) is 53.4 Å². The van der Waals surface area contributed by atoms with Gasteiger partial charge in [0.2, 0.25) is 0 Å². The van der Waals surface area contributed by atoms with E-state index in [4.69, 9.17) is 11.6 Å². The first-order valence-electron chi connectivity index (χ1n) is 7.51. The van der Waals surface area contributed by atoms with Crippen LogP contribution >= 0.6 is 11.6 Å². The van der Waals surface area contributed by atoms with E-state index >= 15 is 0 Å². The molecule has 114 valence electrons. The van der Waals surface area contributed by atoms with Crippen LogP contribution in [0.15, 0.2) is 58.9 Å². The van der Waals surface area contributed by atoms with Gasteiger partial charge in [-0.05, 0) is 48.7 Å². The van der Waals surface area contributed by atoms with Gasteiger partial charge in [-0.1, -0.05) is 29.8 Å². The standard InChI is InChI=1S/C18H15ClN4/c1-11-16(8-12-2-5-15(19)6-3-12)18(23-21-11)13-4-7-17-14(9-13)10-20-22-17/h2-7,9-10,16H,8H2,1H3,(H,20,22). The van der Waals surface area contributed by atoms with Crippen molar-refractivity contribution in [2.24, 2.45) is 16.1 Å². The Bertz CT molecular complexity index is 922. The summed E-state index contributed by atoms with van der Waals surface area (Å²) in [7, 11) is 0. The van der Waals surface area contributed by atoms with Crippen LogP contribution in [-0.2, 0) is 6.42 Å². The molecule has 1 atom stereocenters. The van der Waals surface area contributed by atoms with Crippen LogP contribution in [0.1, 0.15) is 18.1 Å². The molecule has 4 nitrogen and oxygen atoms in total. The number of hydrogen-bond donors (Lipinski definition) is 1. The highest BCUT2D eigenvalue weighted by atomic mass is 35.5. The summed E-state index contributed by atoms with van der Waals surface area (Å²) in [5, 5.41) is 17.6. The molecule has 1 aliphatic rings. The highest BCUT2D eigenvalue weighted by Crippen LogP contribution is 2.25. The largest absolute Gasteiger partial charge is 0.278 e. The molecule has 0 saturated heterocycles. The third kappa shape index (κ3) is 2.66. The smallest absolute Gasteiger partial charge is 0.0793 e. The van der Waals surface area contributed by atoms with Gasteiger partial charge < -0.3 is 0 Å². The Hall–Kier alpha value is -2.46. The maximum Gasteiger partial charge on any atom is 0.0793 e. The number of nitrogens with zero attached hydrogens (tertiary/aromatic N) is 3. The van der Waals surface area contributed by atoms with Gasteiger partial charge >= 0.3 is 0 Å². The number of aromatic amines is 1. The molecule has 1 unspecified atom stereocenters. The fourth-order valence-corrected chi connectivity index (χ4v) is 3.06. The van der Waals surface area contributed by atoms with E-state index in [0.29, 0.717) is 0 Å². The molecule has 0 amide bonds. The predicted molar refractivity (Wildman–Crippen MR) is 94.4 cm³/mol. The Kier molecular flexibility index (Phi) is 3.46. The van der Waals surface area contributed by atoms with Crippen molar-refractivity contribution in [3.63, 3.8) is 0 Å². The number of benzene rings is 2. The molecule has 2 aromatic carbocycles. The van der Waals surface area contributed by atoms with Crippen molar-refractivity contribution >= 4 is 33.9 Å². The van der Waals surface area contributed by atoms with Crippen LogP contribution in [0.5, 0.6) is 0 Å². The van der Waals surface area contributed by atoms with E-state index in [-0.39, 0.29) is 5.92 Å². The molecular weight excluding hydrogens is 308 g/mol. The number of fused-ring (bicyclic) bond motifs is 1. The summed E-state index contributed by atoms with van der Waals surface area (Å²) in [6, 6.07) is 14.2. The van der Waals surface area contributed by atoms with Crippen molar-refractivity contribution in [1.82, 2.24) is 10.2 Å². The molecule has 4 rings (SSSR count). The molecule has 5 heteroatoms. The summed E-state index contributed by atoms with van der Waals surface area (Å²) >= 11 is 5.97. The van der Waals surface area contributed by atoms with Crippen molar-refractivity contribution in [3.8, 4) is 0 Å². The van der Waals surface area contributed by atoms with E-state index in [9.17, 15) is 0 Å². The molecule has 1 aromatic heterocycles. The number of nitrogens with one attached hydrogen (secondary N) is 1. The summed E-state index contributed by atoms with van der Waals surface area (Å²) in [5.41, 5.74) is 5.41. The fraction of sp³-hybridized carbons (Fsp3) is 0.167. The van der Waals surface area contributed by atoms with Crippen molar-refractivity contribution in [3.05, 3.63) is 64.8 Å². The zero-order valence-corrected chi connectivity index (χ0v) is 13.4. The minimum atomic E-state index is 0.195. The van der Waals surface area contributed by atoms with Gasteiger partial charge in [0.15, 0.2) is 0 Å².